The lowest BCUT2D eigenvalue weighted by Gasteiger charge is -2.04. The Morgan fingerprint density at radius 2 is 1.88 bits per heavy atom. The third kappa shape index (κ3) is 3.11. The Hall–Kier alpha value is -2.23. The molecule has 0 aliphatic rings. The van der Waals surface area contributed by atoms with Crippen LogP contribution in [0.2, 0.25) is 0 Å². The lowest BCUT2D eigenvalue weighted by Crippen LogP contribution is -2.23. The van der Waals surface area contributed by atoms with E-state index in [1.165, 1.54) is 18.2 Å². The van der Waals surface area contributed by atoms with E-state index in [0.717, 1.165) is 5.56 Å². The van der Waals surface area contributed by atoms with E-state index in [0.29, 0.717) is 6.54 Å². The molecule has 0 bridgehead atoms. The Kier molecular flexibility index (Phi) is 3.45. The third-order valence-corrected chi connectivity index (χ3v) is 2.24. The maximum absolute atomic E-state index is 12.8. The van der Waals surface area contributed by atoms with Gasteiger partial charge in [-0.1, -0.05) is 36.4 Å². The molecule has 0 radical (unpaired) electrons. The second-order valence-electron chi connectivity index (χ2n) is 3.51. The van der Waals surface area contributed by atoms with Crippen molar-refractivity contribution in [1.82, 2.24) is 10.3 Å². The number of halogens is 1. The van der Waals surface area contributed by atoms with Crippen LogP contribution in [-0.4, -0.2) is 10.9 Å². The van der Waals surface area contributed by atoms with Crippen molar-refractivity contribution >= 4 is 5.91 Å². The quantitative estimate of drug-likeness (QED) is 0.819. The van der Waals surface area contributed by atoms with Crippen molar-refractivity contribution in [3.8, 4) is 0 Å². The van der Waals surface area contributed by atoms with Gasteiger partial charge in [-0.15, -0.1) is 0 Å². The molecule has 0 saturated carbocycles. The Bertz CT molecular complexity index is 514. The van der Waals surface area contributed by atoms with Gasteiger partial charge in [0.05, 0.1) is 0 Å². The maximum atomic E-state index is 12.8. The van der Waals surface area contributed by atoms with Crippen molar-refractivity contribution in [2.24, 2.45) is 0 Å². The average molecular weight is 229 g/mol. The minimum absolute atomic E-state index is 0.0842. The highest BCUT2D eigenvalue weighted by molar-refractivity contribution is 5.92. The van der Waals surface area contributed by atoms with Gasteiger partial charge in [0.1, 0.15) is 5.69 Å². The minimum atomic E-state index is -0.655. The van der Waals surface area contributed by atoms with Gasteiger partial charge in [-0.3, -0.25) is 4.79 Å². The summed E-state index contributed by atoms with van der Waals surface area (Å²) >= 11 is 0. The van der Waals surface area contributed by atoms with E-state index in [-0.39, 0.29) is 11.6 Å². The number of amides is 1. The number of nitrogens with zero attached hydrogens (tertiary/aromatic N) is 1. The van der Waals surface area contributed by atoms with E-state index >= 15 is 0 Å². The number of rotatable bonds is 3. The molecule has 1 aromatic heterocycles. The fraction of sp³-hybridized carbons (Fsp3) is 0.0769. The maximum Gasteiger partial charge on any atom is 0.270 e. The second kappa shape index (κ2) is 5.21. The largest absolute Gasteiger partial charge is 0.347 e. The lowest BCUT2D eigenvalue weighted by atomic mass is 10.2. The topological polar surface area (TPSA) is 42.0 Å². The summed E-state index contributed by atoms with van der Waals surface area (Å²) in [6, 6.07) is 13.6. The molecule has 0 aliphatic heterocycles. The van der Waals surface area contributed by atoms with Gasteiger partial charge in [-0.2, -0.15) is 4.39 Å². The molecule has 0 saturated heterocycles. The zero-order valence-electron chi connectivity index (χ0n) is 9.06. The highest BCUT2D eigenvalue weighted by Gasteiger charge is 2.07. The summed E-state index contributed by atoms with van der Waals surface area (Å²) in [5.41, 5.74) is 1.07. The summed E-state index contributed by atoms with van der Waals surface area (Å²) in [5.74, 6) is -1.04. The first-order valence-electron chi connectivity index (χ1n) is 5.20. The Balaban J connectivity index is 1.98. The SMILES string of the molecule is O=C(NCc1ccccc1)c1cccc([18F])n1. The molecule has 1 aromatic carbocycles. The van der Waals surface area contributed by atoms with E-state index in [2.05, 4.69) is 10.3 Å². The predicted molar refractivity (Wildman–Crippen MR) is 61.8 cm³/mol. The summed E-state index contributed by atoms with van der Waals surface area (Å²) in [6.07, 6.45) is 0. The highest BCUT2D eigenvalue weighted by atomic mass is 18.2. The van der Waals surface area contributed by atoms with Crippen molar-refractivity contribution in [1.29, 1.82) is 0 Å². The Morgan fingerprint density at radius 1 is 1.12 bits per heavy atom. The van der Waals surface area contributed by atoms with Crippen LogP contribution in [0.3, 0.4) is 0 Å². The molecule has 0 spiro atoms. The third-order valence-electron chi connectivity index (χ3n) is 2.24. The molecule has 1 amide bonds. The normalized spacial score (nSPS) is 9.94. The molecule has 3 nitrogen and oxygen atoms in total. The van der Waals surface area contributed by atoms with Crippen LogP contribution in [0.15, 0.2) is 48.5 Å². The van der Waals surface area contributed by atoms with Gasteiger partial charge in [0, 0.05) is 6.54 Å². The lowest BCUT2D eigenvalue weighted by molar-refractivity contribution is 0.0944. The average Bonchev–Trinajstić information content (AvgIpc) is 2.37. The zero-order chi connectivity index (χ0) is 12.1. The molecule has 0 atom stereocenters. The zero-order valence-corrected chi connectivity index (χ0v) is 9.06. The molecule has 0 fully saturated rings. The molecular formula is C13H11FN2O. The van der Waals surface area contributed by atoms with Crippen molar-refractivity contribution < 1.29 is 9.18 Å². The monoisotopic (exact) mass is 229 g/mol. The van der Waals surface area contributed by atoms with E-state index in [1.54, 1.807) is 0 Å². The molecule has 1 heterocycles. The number of carbonyl (C=O) groups is 1. The first kappa shape index (κ1) is 11.3. The van der Waals surface area contributed by atoms with Gasteiger partial charge in [-0.05, 0) is 17.7 Å². The first-order valence-corrected chi connectivity index (χ1v) is 5.20. The molecule has 0 unspecified atom stereocenters. The van der Waals surface area contributed by atoms with Gasteiger partial charge in [0.15, 0.2) is 0 Å². The molecule has 1 N–H and O–H groups in total. The molecular weight excluding hydrogens is 218 g/mol. The minimum Gasteiger partial charge on any atom is -0.347 e. The van der Waals surface area contributed by atoms with Gasteiger partial charge in [0.2, 0.25) is 5.95 Å². The number of nitrogens with one attached hydrogen (secondary N) is 1. The number of benzene rings is 1. The fourth-order valence-corrected chi connectivity index (χ4v) is 1.40. The van der Waals surface area contributed by atoms with Crippen molar-refractivity contribution in [3.05, 3.63) is 65.7 Å². The van der Waals surface area contributed by atoms with Gasteiger partial charge in [0.25, 0.3) is 5.91 Å². The van der Waals surface area contributed by atoms with Crippen molar-refractivity contribution in [2.75, 3.05) is 0 Å². The summed E-state index contributed by atoms with van der Waals surface area (Å²) in [6.45, 7) is 0.401. The molecule has 2 aromatic rings. The van der Waals surface area contributed by atoms with E-state index in [4.69, 9.17) is 0 Å². The standard InChI is InChI=1S/C13H11FN2O/c14-12-8-4-7-11(16-12)13(17)15-9-10-5-2-1-3-6-10/h1-8H,9H2,(H,15,17)/i14-1. The van der Waals surface area contributed by atoms with Crippen LogP contribution >= 0.6 is 0 Å². The molecule has 4 heteroatoms. The summed E-state index contributed by atoms with van der Waals surface area (Å²) in [4.78, 5) is 15.1. The highest BCUT2D eigenvalue weighted by Crippen LogP contribution is 2.00. The second-order valence-corrected chi connectivity index (χ2v) is 3.51. The van der Waals surface area contributed by atoms with Gasteiger partial charge in [-0.25, -0.2) is 4.98 Å². The number of aromatic nitrogens is 1. The summed E-state index contributed by atoms with van der Waals surface area (Å²) < 4.78 is 12.8. The van der Waals surface area contributed by atoms with Crippen LogP contribution in [0.5, 0.6) is 0 Å². The fourth-order valence-electron chi connectivity index (χ4n) is 1.40. The van der Waals surface area contributed by atoms with Crippen LogP contribution < -0.4 is 5.32 Å². The number of hydrogen-bond donors (Lipinski definition) is 1. The van der Waals surface area contributed by atoms with Crippen LogP contribution in [-0.2, 0) is 6.54 Å². The van der Waals surface area contributed by atoms with Crippen LogP contribution in [0.1, 0.15) is 16.1 Å². The van der Waals surface area contributed by atoms with E-state index < -0.39 is 5.95 Å². The van der Waals surface area contributed by atoms with Crippen LogP contribution in [0, 0.1) is 5.95 Å². The van der Waals surface area contributed by atoms with E-state index in [1.807, 2.05) is 30.3 Å². The summed E-state index contributed by atoms with van der Waals surface area (Å²) in [7, 11) is 0. The first-order chi connectivity index (χ1) is 8.25. The molecule has 17 heavy (non-hydrogen) atoms. The number of hydrogen-bond acceptors (Lipinski definition) is 2. The number of carbonyl (C=O) groups excluding carboxylic acids is 1. The number of pyridine rings is 1. The van der Waals surface area contributed by atoms with Gasteiger partial charge < -0.3 is 5.32 Å². The molecule has 86 valence electrons. The molecule has 2 rings (SSSR count). The Morgan fingerprint density at radius 3 is 2.59 bits per heavy atom. The van der Waals surface area contributed by atoms with Crippen molar-refractivity contribution in [2.45, 2.75) is 6.54 Å². The van der Waals surface area contributed by atoms with E-state index in [9.17, 15) is 9.18 Å². The summed E-state index contributed by atoms with van der Waals surface area (Å²) in [5, 5.41) is 2.67. The molecule has 0 aliphatic carbocycles. The van der Waals surface area contributed by atoms with Crippen LogP contribution in [0.25, 0.3) is 0 Å². The van der Waals surface area contributed by atoms with Crippen molar-refractivity contribution in [3.63, 3.8) is 0 Å². The van der Waals surface area contributed by atoms with Gasteiger partial charge >= 0.3 is 0 Å². The Labute approximate surface area is 98.3 Å². The smallest absolute Gasteiger partial charge is 0.270 e. The van der Waals surface area contributed by atoms with Crippen LogP contribution in [0.4, 0.5) is 4.39 Å². The predicted octanol–water partition coefficient (Wildman–Crippen LogP) is 2.15.